The van der Waals surface area contributed by atoms with Crippen LogP contribution in [0.15, 0.2) is 6.07 Å². The average Bonchev–Trinajstić information content (AvgIpc) is 2.79. The Bertz CT molecular complexity index is 432. The SMILES string of the molecule is CN(c1cc(C(F)(F)F)nc(N)n1)C1CCOC1. The van der Waals surface area contributed by atoms with Gasteiger partial charge in [-0.05, 0) is 6.42 Å². The van der Waals surface area contributed by atoms with E-state index >= 15 is 0 Å². The molecule has 1 unspecified atom stereocenters. The van der Waals surface area contributed by atoms with Crippen LogP contribution in [0, 0.1) is 0 Å². The van der Waals surface area contributed by atoms with Crippen LogP contribution >= 0.6 is 0 Å². The summed E-state index contributed by atoms with van der Waals surface area (Å²) in [6, 6.07) is 0.912. The number of hydrogen-bond donors (Lipinski definition) is 1. The zero-order valence-corrected chi connectivity index (χ0v) is 9.74. The largest absolute Gasteiger partial charge is 0.433 e. The minimum Gasteiger partial charge on any atom is -0.379 e. The molecule has 0 saturated carbocycles. The number of anilines is 2. The van der Waals surface area contributed by atoms with Crippen molar-refractivity contribution >= 4 is 11.8 Å². The third kappa shape index (κ3) is 2.63. The molecule has 1 fully saturated rings. The fourth-order valence-corrected chi connectivity index (χ4v) is 1.79. The molecule has 2 N–H and O–H groups in total. The molecule has 18 heavy (non-hydrogen) atoms. The molecule has 0 aromatic carbocycles. The first-order chi connectivity index (χ1) is 8.38. The van der Waals surface area contributed by atoms with Gasteiger partial charge in [-0.3, -0.25) is 0 Å². The number of rotatable bonds is 2. The molecular formula is C10H13F3N4O. The normalized spacial score (nSPS) is 20.1. The second kappa shape index (κ2) is 4.60. The Morgan fingerprint density at radius 3 is 2.72 bits per heavy atom. The van der Waals surface area contributed by atoms with Crippen LogP contribution in [0.2, 0.25) is 0 Å². The van der Waals surface area contributed by atoms with Gasteiger partial charge in [0.1, 0.15) is 5.82 Å². The molecule has 0 aliphatic carbocycles. The molecule has 5 nitrogen and oxygen atoms in total. The highest BCUT2D eigenvalue weighted by molar-refractivity contribution is 5.44. The average molecular weight is 262 g/mol. The first kappa shape index (κ1) is 12.9. The molecule has 1 aliphatic heterocycles. The predicted octanol–water partition coefficient (Wildman–Crippen LogP) is 1.30. The zero-order chi connectivity index (χ0) is 13.3. The summed E-state index contributed by atoms with van der Waals surface area (Å²) in [4.78, 5) is 8.67. The fraction of sp³-hybridized carbons (Fsp3) is 0.600. The smallest absolute Gasteiger partial charge is 0.379 e. The lowest BCUT2D eigenvalue weighted by molar-refractivity contribution is -0.141. The molecule has 100 valence electrons. The number of hydrogen-bond acceptors (Lipinski definition) is 5. The van der Waals surface area contributed by atoms with E-state index in [1.807, 2.05) is 0 Å². The van der Waals surface area contributed by atoms with Gasteiger partial charge in [-0.25, -0.2) is 4.98 Å². The van der Waals surface area contributed by atoms with E-state index in [1.165, 1.54) is 0 Å². The monoisotopic (exact) mass is 262 g/mol. The number of ether oxygens (including phenoxy) is 1. The van der Waals surface area contributed by atoms with Gasteiger partial charge >= 0.3 is 6.18 Å². The van der Waals surface area contributed by atoms with Gasteiger partial charge in [0, 0.05) is 19.7 Å². The number of nitrogens with zero attached hydrogens (tertiary/aromatic N) is 3. The molecule has 8 heteroatoms. The lowest BCUT2D eigenvalue weighted by Crippen LogP contribution is -2.33. The molecule has 1 saturated heterocycles. The maximum atomic E-state index is 12.6. The third-order valence-corrected chi connectivity index (χ3v) is 2.84. The molecule has 1 aliphatic rings. The highest BCUT2D eigenvalue weighted by atomic mass is 19.4. The van der Waals surface area contributed by atoms with E-state index in [0.29, 0.717) is 13.2 Å². The summed E-state index contributed by atoms with van der Waals surface area (Å²) in [5.74, 6) is -0.226. The predicted molar refractivity (Wildman–Crippen MR) is 59.1 cm³/mol. The van der Waals surface area contributed by atoms with Crippen LogP contribution in [0.4, 0.5) is 24.9 Å². The van der Waals surface area contributed by atoms with Crippen molar-refractivity contribution in [3.8, 4) is 0 Å². The lowest BCUT2D eigenvalue weighted by atomic mass is 10.2. The molecule has 1 aromatic heterocycles. The highest BCUT2D eigenvalue weighted by Crippen LogP contribution is 2.30. The molecule has 2 rings (SSSR count). The summed E-state index contributed by atoms with van der Waals surface area (Å²) in [6.45, 7) is 1.07. The van der Waals surface area contributed by atoms with Crippen LogP contribution in [-0.2, 0) is 10.9 Å². The minimum absolute atomic E-state index is 0.0142. The van der Waals surface area contributed by atoms with Gasteiger partial charge in [-0.1, -0.05) is 0 Å². The first-order valence-electron chi connectivity index (χ1n) is 5.40. The van der Waals surface area contributed by atoms with Gasteiger partial charge < -0.3 is 15.4 Å². The van der Waals surface area contributed by atoms with Crippen molar-refractivity contribution in [2.45, 2.75) is 18.6 Å². The van der Waals surface area contributed by atoms with Gasteiger partial charge in [-0.15, -0.1) is 0 Å². The summed E-state index contributed by atoms with van der Waals surface area (Å²) in [7, 11) is 1.67. The molecule has 0 bridgehead atoms. The summed E-state index contributed by atoms with van der Waals surface area (Å²) in [6.07, 6.45) is -3.78. The van der Waals surface area contributed by atoms with Gasteiger partial charge in [0.05, 0.1) is 12.6 Å². The second-order valence-corrected chi connectivity index (χ2v) is 4.10. The molecule has 2 heterocycles. The van der Waals surface area contributed by atoms with Crippen molar-refractivity contribution in [3.05, 3.63) is 11.8 Å². The number of nitrogens with two attached hydrogens (primary N) is 1. The van der Waals surface area contributed by atoms with Crippen molar-refractivity contribution in [2.75, 3.05) is 30.9 Å². The van der Waals surface area contributed by atoms with Gasteiger partial charge in [-0.2, -0.15) is 18.2 Å². The van der Waals surface area contributed by atoms with Crippen molar-refractivity contribution in [2.24, 2.45) is 0 Å². The van der Waals surface area contributed by atoms with Crippen LogP contribution in [0.5, 0.6) is 0 Å². The maximum Gasteiger partial charge on any atom is 0.433 e. The first-order valence-corrected chi connectivity index (χ1v) is 5.40. The Labute approximate surface area is 102 Å². The van der Waals surface area contributed by atoms with E-state index in [1.54, 1.807) is 11.9 Å². The Balaban J connectivity index is 2.29. The quantitative estimate of drug-likeness (QED) is 0.870. The van der Waals surface area contributed by atoms with Crippen molar-refractivity contribution in [1.29, 1.82) is 0 Å². The van der Waals surface area contributed by atoms with E-state index < -0.39 is 11.9 Å². The van der Waals surface area contributed by atoms with Crippen LogP contribution < -0.4 is 10.6 Å². The van der Waals surface area contributed by atoms with E-state index in [2.05, 4.69) is 9.97 Å². The Morgan fingerprint density at radius 1 is 1.44 bits per heavy atom. The van der Waals surface area contributed by atoms with Gasteiger partial charge in [0.15, 0.2) is 5.69 Å². The Hall–Kier alpha value is -1.57. The van der Waals surface area contributed by atoms with E-state index in [4.69, 9.17) is 10.5 Å². The lowest BCUT2D eigenvalue weighted by Gasteiger charge is -2.24. The minimum atomic E-state index is -4.53. The molecule has 0 amide bonds. The summed E-state index contributed by atoms with van der Waals surface area (Å²) in [5, 5.41) is 0. The number of alkyl halides is 3. The standard InChI is InChI=1S/C10H13F3N4O/c1-17(6-2-3-18-5-6)8-4-7(10(11,12)13)15-9(14)16-8/h4,6H,2-3,5H2,1H3,(H2,14,15,16). The van der Waals surface area contributed by atoms with E-state index in [9.17, 15) is 13.2 Å². The third-order valence-electron chi connectivity index (χ3n) is 2.84. The van der Waals surface area contributed by atoms with Gasteiger partial charge in [0.2, 0.25) is 5.95 Å². The van der Waals surface area contributed by atoms with Crippen molar-refractivity contribution in [3.63, 3.8) is 0 Å². The Kier molecular flexibility index (Phi) is 3.29. The van der Waals surface area contributed by atoms with Crippen LogP contribution in [0.25, 0.3) is 0 Å². The fourth-order valence-electron chi connectivity index (χ4n) is 1.79. The van der Waals surface area contributed by atoms with Crippen LogP contribution in [0.3, 0.4) is 0 Å². The number of likely N-dealkylation sites (N-methyl/N-ethyl adjacent to an activating group) is 1. The number of aromatic nitrogens is 2. The number of nitrogen functional groups attached to an aromatic ring is 1. The second-order valence-electron chi connectivity index (χ2n) is 4.10. The van der Waals surface area contributed by atoms with Gasteiger partial charge in [0.25, 0.3) is 0 Å². The molecule has 0 spiro atoms. The van der Waals surface area contributed by atoms with Crippen molar-refractivity contribution < 1.29 is 17.9 Å². The van der Waals surface area contributed by atoms with Crippen LogP contribution in [-0.4, -0.2) is 36.3 Å². The number of halogens is 3. The molecular weight excluding hydrogens is 249 g/mol. The summed E-state index contributed by atoms with van der Waals surface area (Å²) in [5.41, 5.74) is 4.28. The zero-order valence-electron chi connectivity index (χ0n) is 9.74. The molecule has 0 radical (unpaired) electrons. The molecule has 1 aromatic rings. The highest BCUT2D eigenvalue weighted by Gasteiger charge is 2.34. The summed E-state index contributed by atoms with van der Waals surface area (Å²) >= 11 is 0. The van der Waals surface area contributed by atoms with E-state index in [-0.39, 0.29) is 17.8 Å². The molecule has 1 atom stereocenters. The topological polar surface area (TPSA) is 64.3 Å². The van der Waals surface area contributed by atoms with Crippen molar-refractivity contribution in [1.82, 2.24) is 9.97 Å². The van der Waals surface area contributed by atoms with E-state index in [0.717, 1.165) is 12.5 Å². The maximum absolute atomic E-state index is 12.6. The Morgan fingerprint density at radius 2 is 2.17 bits per heavy atom. The van der Waals surface area contributed by atoms with Crippen LogP contribution in [0.1, 0.15) is 12.1 Å². The summed E-state index contributed by atoms with van der Waals surface area (Å²) < 4.78 is 43.0.